The minimum atomic E-state index is -0.893. The van der Waals surface area contributed by atoms with E-state index in [1.165, 1.54) is 0 Å². The molecule has 2 rings (SSSR count). The van der Waals surface area contributed by atoms with Gasteiger partial charge in [0.2, 0.25) is 5.91 Å². The second kappa shape index (κ2) is 4.87. The highest BCUT2D eigenvalue weighted by molar-refractivity contribution is 9.10. The SMILES string of the molecule is O=C(O)[C@@H]1CC(=O)N(Cc2cccc(Br)c2)C1. The third-order valence-corrected chi connectivity index (χ3v) is 3.32. The van der Waals surface area contributed by atoms with Crippen molar-refractivity contribution in [2.75, 3.05) is 6.54 Å². The maximum atomic E-state index is 11.6. The average Bonchev–Trinajstić information content (AvgIpc) is 2.61. The lowest BCUT2D eigenvalue weighted by Gasteiger charge is -2.16. The van der Waals surface area contributed by atoms with Gasteiger partial charge in [-0.25, -0.2) is 0 Å². The molecule has 4 nitrogen and oxygen atoms in total. The number of carbonyl (C=O) groups excluding carboxylic acids is 1. The molecule has 0 bridgehead atoms. The van der Waals surface area contributed by atoms with Gasteiger partial charge in [0, 0.05) is 24.0 Å². The number of benzene rings is 1. The van der Waals surface area contributed by atoms with Crippen molar-refractivity contribution in [1.82, 2.24) is 4.90 Å². The van der Waals surface area contributed by atoms with E-state index in [2.05, 4.69) is 15.9 Å². The van der Waals surface area contributed by atoms with Crippen molar-refractivity contribution >= 4 is 27.8 Å². The van der Waals surface area contributed by atoms with Crippen LogP contribution in [-0.2, 0) is 16.1 Å². The van der Waals surface area contributed by atoms with E-state index >= 15 is 0 Å². The Labute approximate surface area is 107 Å². The third-order valence-electron chi connectivity index (χ3n) is 2.83. The number of carboxylic acids is 1. The number of nitrogens with zero attached hydrogens (tertiary/aromatic N) is 1. The molecule has 0 aliphatic carbocycles. The van der Waals surface area contributed by atoms with Gasteiger partial charge in [-0.05, 0) is 17.7 Å². The first-order valence-electron chi connectivity index (χ1n) is 5.31. The van der Waals surface area contributed by atoms with Gasteiger partial charge in [0.15, 0.2) is 0 Å². The summed E-state index contributed by atoms with van der Waals surface area (Å²) in [5.74, 6) is -1.54. The van der Waals surface area contributed by atoms with Gasteiger partial charge in [0.1, 0.15) is 0 Å². The number of aliphatic carboxylic acids is 1. The van der Waals surface area contributed by atoms with Crippen molar-refractivity contribution in [3.05, 3.63) is 34.3 Å². The number of hydrogen-bond acceptors (Lipinski definition) is 2. The monoisotopic (exact) mass is 297 g/mol. The molecule has 17 heavy (non-hydrogen) atoms. The van der Waals surface area contributed by atoms with Crippen LogP contribution in [0.2, 0.25) is 0 Å². The Hall–Kier alpha value is -1.36. The fraction of sp³-hybridized carbons (Fsp3) is 0.333. The number of hydrogen-bond donors (Lipinski definition) is 1. The highest BCUT2D eigenvalue weighted by Crippen LogP contribution is 2.21. The van der Waals surface area contributed by atoms with Crippen molar-refractivity contribution in [3.8, 4) is 0 Å². The number of carbonyl (C=O) groups is 2. The molecule has 0 spiro atoms. The highest BCUT2D eigenvalue weighted by Gasteiger charge is 2.33. The lowest BCUT2D eigenvalue weighted by Crippen LogP contribution is -2.25. The second-order valence-corrected chi connectivity index (χ2v) is 5.06. The van der Waals surface area contributed by atoms with E-state index < -0.39 is 11.9 Å². The molecular weight excluding hydrogens is 286 g/mol. The van der Waals surface area contributed by atoms with Gasteiger partial charge in [-0.15, -0.1) is 0 Å². The molecule has 0 aromatic heterocycles. The smallest absolute Gasteiger partial charge is 0.308 e. The number of halogens is 1. The van der Waals surface area contributed by atoms with Crippen LogP contribution in [0.4, 0.5) is 0 Å². The first-order chi connectivity index (χ1) is 8.06. The summed E-state index contributed by atoms with van der Waals surface area (Å²) in [6.07, 6.45) is 0.114. The first kappa shape index (κ1) is 12.1. The lowest BCUT2D eigenvalue weighted by molar-refractivity contribution is -0.141. The van der Waals surface area contributed by atoms with E-state index in [9.17, 15) is 9.59 Å². The predicted molar refractivity (Wildman–Crippen MR) is 65.3 cm³/mol. The minimum absolute atomic E-state index is 0.0858. The van der Waals surface area contributed by atoms with E-state index in [-0.39, 0.29) is 12.3 Å². The zero-order valence-electron chi connectivity index (χ0n) is 9.10. The molecule has 1 aliphatic heterocycles. The maximum absolute atomic E-state index is 11.6. The van der Waals surface area contributed by atoms with Crippen molar-refractivity contribution < 1.29 is 14.7 Å². The summed E-state index contributed by atoms with van der Waals surface area (Å²) in [4.78, 5) is 24.0. The number of rotatable bonds is 3. The first-order valence-corrected chi connectivity index (χ1v) is 6.10. The minimum Gasteiger partial charge on any atom is -0.481 e. The molecule has 1 amide bonds. The van der Waals surface area contributed by atoms with E-state index in [4.69, 9.17) is 5.11 Å². The standard InChI is InChI=1S/C12H12BrNO3/c13-10-3-1-2-8(4-10)6-14-7-9(12(16)17)5-11(14)15/h1-4,9H,5-7H2,(H,16,17)/t9-/m1/s1. The van der Waals surface area contributed by atoms with Crippen LogP contribution in [0.15, 0.2) is 28.7 Å². The van der Waals surface area contributed by atoms with Crippen LogP contribution in [-0.4, -0.2) is 28.4 Å². The summed E-state index contributed by atoms with van der Waals surface area (Å²) >= 11 is 3.36. The van der Waals surface area contributed by atoms with Crippen LogP contribution in [0.3, 0.4) is 0 Å². The van der Waals surface area contributed by atoms with Crippen LogP contribution >= 0.6 is 15.9 Å². The Morgan fingerprint density at radius 3 is 2.88 bits per heavy atom. The van der Waals surface area contributed by atoms with Crippen molar-refractivity contribution in [1.29, 1.82) is 0 Å². The Balaban J connectivity index is 2.05. The molecule has 1 atom stereocenters. The third kappa shape index (κ3) is 2.85. The number of amides is 1. The lowest BCUT2D eigenvalue weighted by atomic mass is 10.1. The van der Waals surface area contributed by atoms with Gasteiger partial charge in [-0.3, -0.25) is 9.59 Å². The average molecular weight is 298 g/mol. The van der Waals surface area contributed by atoms with E-state index in [1.807, 2.05) is 24.3 Å². The highest BCUT2D eigenvalue weighted by atomic mass is 79.9. The van der Waals surface area contributed by atoms with Gasteiger partial charge >= 0.3 is 5.97 Å². The summed E-state index contributed by atoms with van der Waals surface area (Å²) in [5, 5.41) is 8.87. The van der Waals surface area contributed by atoms with Gasteiger partial charge in [-0.2, -0.15) is 0 Å². The Kier molecular flexibility index (Phi) is 3.47. The van der Waals surface area contributed by atoms with Crippen LogP contribution in [0.1, 0.15) is 12.0 Å². The summed E-state index contributed by atoms with van der Waals surface area (Å²) < 4.78 is 0.955. The molecule has 1 N–H and O–H groups in total. The number of carboxylic acid groups (broad SMARTS) is 1. The molecule has 1 heterocycles. The summed E-state index contributed by atoms with van der Waals surface area (Å²) in [6.45, 7) is 0.780. The topological polar surface area (TPSA) is 57.6 Å². The van der Waals surface area contributed by atoms with Crippen LogP contribution < -0.4 is 0 Å². The van der Waals surface area contributed by atoms with Crippen LogP contribution in [0, 0.1) is 5.92 Å². The van der Waals surface area contributed by atoms with Gasteiger partial charge in [-0.1, -0.05) is 28.1 Å². The fourth-order valence-electron chi connectivity index (χ4n) is 1.95. The van der Waals surface area contributed by atoms with Crippen molar-refractivity contribution in [3.63, 3.8) is 0 Å². The van der Waals surface area contributed by atoms with E-state index in [0.717, 1.165) is 10.0 Å². The maximum Gasteiger partial charge on any atom is 0.308 e. The van der Waals surface area contributed by atoms with Crippen molar-refractivity contribution in [2.45, 2.75) is 13.0 Å². The molecule has 0 radical (unpaired) electrons. The van der Waals surface area contributed by atoms with E-state index in [1.54, 1.807) is 4.90 Å². The normalized spacial score (nSPS) is 19.7. The van der Waals surface area contributed by atoms with E-state index in [0.29, 0.717) is 13.1 Å². The molecule has 1 fully saturated rings. The van der Waals surface area contributed by atoms with Crippen LogP contribution in [0.5, 0.6) is 0 Å². The molecule has 1 aromatic carbocycles. The zero-order valence-corrected chi connectivity index (χ0v) is 10.7. The zero-order chi connectivity index (χ0) is 12.4. The largest absolute Gasteiger partial charge is 0.481 e. The molecule has 1 aromatic rings. The summed E-state index contributed by atoms with van der Waals surface area (Å²) in [7, 11) is 0. The molecule has 1 saturated heterocycles. The van der Waals surface area contributed by atoms with Gasteiger partial charge < -0.3 is 10.0 Å². The molecule has 1 aliphatic rings. The molecule has 0 saturated carbocycles. The van der Waals surface area contributed by atoms with Gasteiger partial charge in [0.05, 0.1) is 5.92 Å². The second-order valence-electron chi connectivity index (χ2n) is 4.14. The molecule has 5 heteroatoms. The molecular formula is C12H12BrNO3. The Bertz CT molecular complexity index is 461. The fourth-order valence-corrected chi connectivity index (χ4v) is 2.39. The quantitative estimate of drug-likeness (QED) is 0.927. The van der Waals surface area contributed by atoms with Crippen molar-refractivity contribution in [2.24, 2.45) is 5.92 Å². The molecule has 90 valence electrons. The Morgan fingerprint density at radius 1 is 1.53 bits per heavy atom. The molecule has 0 unspecified atom stereocenters. The van der Waals surface area contributed by atoms with Crippen LogP contribution in [0.25, 0.3) is 0 Å². The predicted octanol–water partition coefficient (Wildman–Crippen LogP) is 1.88. The summed E-state index contributed by atoms with van der Waals surface area (Å²) in [6, 6.07) is 7.66. The Morgan fingerprint density at radius 2 is 2.29 bits per heavy atom. The number of likely N-dealkylation sites (tertiary alicyclic amines) is 1. The summed E-state index contributed by atoms with van der Waals surface area (Å²) in [5.41, 5.74) is 0.999. The van der Waals surface area contributed by atoms with Gasteiger partial charge in [0.25, 0.3) is 0 Å².